The zero-order valence-electron chi connectivity index (χ0n) is 21.0. The normalized spacial score (nSPS) is 24.3. The molecule has 2 heterocycles. The first-order chi connectivity index (χ1) is 17.3. The zero-order chi connectivity index (χ0) is 25.6. The van der Waals surface area contributed by atoms with Crippen molar-refractivity contribution in [2.24, 2.45) is 18.9 Å². The minimum Gasteiger partial charge on any atom is -0.515 e. The van der Waals surface area contributed by atoms with Crippen LogP contribution in [0.1, 0.15) is 59.7 Å². The number of fused-ring (bicyclic) bond motifs is 3. The highest BCUT2D eigenvalue weighted by molar-refractivity contribution is 5.99. The Bertz CT molecular complexity index is 1370. The lowest BCUT2D eigenvalue weighted by Gasteiger charge is -2.51. The van der Waals surface area contributed by atoms with Gasteiger partial charge in [-0.3, -0.25) is 4.79 Å². The van der Waals surface area contributed by atoms with Crippen LogP contribution < -0.4 is 0 Å². The Morgan fingerprint density at radius 1 is 1.28 bits per heavy atom. The van der Waals surface area contributed by atoms with Gasteiger partial charge in [0.2, 0.25) is 0 Å². The molecule has 2 aromatic heterocycles. The summed E-state index contributed by atoms with van der Waals surface area (Å²) in [5.41, 5.74) is 4.81. The van der Waals surface area contributed by atoms with Gasteiger partial charge in [-0.05, 0) is 56.7 Å². The smallest absolute Gasteiger partial charge is 0.338 e. The molecule has 1 aromatic carbocycles. The summed E-state index contributed by atoms with van der Waals surface area (Å²) in [4.78, 5) is 39.6. The van der Waals surface area contributed by atoms with E-state index in [0.717, 1.165) is 47.3 Å². The number of Topliss-reactive ketones (excluding diaryl/α,β-unsaturated/α-hetero) is 1. The highest BCUT2D eigenvalue weighted by atomic mass is 16.5. The second-order valence-corrected chi connectivity index (χ2v) is 9.73. The van der Waals surface area contributed by atoms with E-state index in [9.17, 15) is 14.7 Å². The molecule has 1 saturated carbocycles. The number of aromatic nitrogens is 4. The lowest BCUT2D eigenvalue weighted by atomic mass is 9.52. The number of ether oxygens (including phenoxy) is 1. The molecule has 3 atom stereocenters. The molecule has 3 aromatic rings. The summed E-state index contributed by atoms with van der Waals surface area (Å²) in [5, 5.41) is 10.1. The maximum Gasteiger partial charge on any atom is 0.338 e. The number of aliphatic hydroxyl groups excluding tert-OH is 1. The summed E-state index contributed by atoms with van der Waals surface area (Å²) >= 11 is 0. The lowest BCUT2D eigenvalue weighted by Crippen LogP contribution is -2.51. The van der Waals surface area contributed by atoms with Crippen LogP contribution in [0.5, 0.6) is 0 Å². The number of hydrogen-bond donors (Lipinski definition) is 1. The lowest BCUT2D eigenvalue weighted by molar-refractivity contribution is -0.123. The first-order valence-corrected chi connectivity index (χ1v) is 12.3. The van der Waals surface area contributed by atoms with Gasteiger partial charge in [0, 0.05) is 29.5 Å². The van der Waals surface area contributed by atoms with E-state index in [1.54, 1.807) is 31.6 Å². The second-order valence-electron chi connectivity index (χ2n) is 9.73. The van der Waals surface area contributed by atoms with E-state index in [1.807, 2.05) is 37.6 Å². The quantitative estimate of drug-likeness (QED) is 0.333. The number of benzene rings is 1. The Hall–Kier alpha value is -3.81. The number of rotatable bonds is 4. The summed E-state index contributed by atoms with van der Waals surface area (Å²) in [6, 6.07) is 7.42. The predicted molar refractivity (Wildman–Crippen MR) is 133 cm³/mol. The molecule has 186 valence electrons. The fourth-order valence-electron chi connectivity index (χ4n) is 6.16. The van der Waals surface area contributed by atoms with Crippen molar-refractivity contribution in [1.29, 1.82) is 0 Å². The van der Waals surface area contributed by atoms with Crippen LogP contribution in [0.4, 0.5) is 0 Å². The van der Waals surface area contributed by atoms with Gasteiger partial charge in [-0.15, -0.1) is 0 Å². The van der Waals surface area contributed by atoms with Gasteiger partial charge < -0.3 is 14.4 Å². The van der Waals surface area contributed by atoms with Gasteiger partial charge in [-0.2, -0.15) is 0 Å². The van der Waals surface area contributed by atoms with Gasteiger partial charge in [0.15, 0.2) is 5.78 Å². The molecule has 0 saturated heterocycles. The third-order valence-corrected chi connectivity index (χ3v) is 7.81. The van der Waals surface area contributed by atoms with Gasteiger partial charge in [0.1, 0.15) is 5.82 Å². The first-order valence-electron chi connectivity index (χ1n) is 12.3. The van der Waals surface area contributed by atoms with Gasteiger partial charge in [0.25, 0.3) is 0 Å². The van der Waals surface area contributed by atoms with Crippen molar-refractivity contribution in [1.82, 2.24) is 19.5 Å². The van der Waals surface area contributed by atoms with Gasteiger partial charge >= 0.3 is 5.97 Å². The van der Waals surface area contributed by atoms with Gasteiger partial charge in [-0.25, -0.2) is 19.7 Å². The Balaban J connectivity index is 1.77. The molecule has 0 aliphatic heterocycles. The predicted octanol–water partition coefficient (Wildman–Crippen LogP) is 4.26. The Morgan fingerprint density at radius 3 is 2.67 bits per heavy atom. The van der Waals surface area contributed by atoms with Crippen LogP contribution in [-0.2, 0) is 28.4 Å². The summed E-state index contributed by atoms with van der Waals surface area (Å²) in [7, 11) is 1.94. The summed E-state index contributed by atoms with van der Waals surface area (Å²) in [6.45, 7) is 5.90. The number of allylic oxidation sites excluding steroid dienone is 1. The number of aryl methyl sites for hydroxylation is 2. The first kappa shape index (κ1) is 23.9. The summed E-state index contributed by atoms with van der Waals surface area (Å²) in [6.07, 6.45) is 6.34. The molecule has 0 bridgehead atoms. The third kappa shape index (κ3) is 3.54. The Morgan fingerprint density at radius 2 is 2.03 bits per heavy atom. The van der Waals surface area contributed by atoms with Crippen molar-refractivity contribution in [3.63, 3.8) is 0 Å². The monoisotopic (exact) mass is 486 g/mol. The van der Waals surface area contributed by atoms with Crippen molar-refractivity contribution in [3.05, 3.63) is 76.8 Å². The molecule has 0 spiro atoms. The topological polar surface area (TPSA) is 107 Å². The molecule has 5 rings (SSSR count). The number of nitrogens with zero attached hydrogens (tertiary/aromatic N) is 4. The molecule has 2 aliphatic carbocycles. The molecule has 1 fully saturated rings. The van der Waals surface area contributed by atoms with Crippen LogP contribution in [0.3, 0.4) is 0 Å². The van der Waals surface area contributed by atoms with Crippen LogP contribution in [0, 0.1) is 18.8 Å². The van der Waals surface area contributed by atoms with Crippen molar-refractivity contribution < 1.29 is 19.4 Å². The van der Waals surface area contributed by atoms with E-state index < -0.39 is 5.41 Å². The number of ketones is 1. The van der Waals surface area contributed by atoms with E-state index >= 15 is 0 Å². The SMILES string of the molecule is CCOC(=O)c1ccc([C@]23CC(=CO)C(=O)[C@@H](C)[C@@H]2CCc2c(-c4cncn4C)nc(C)nc23)cc1. The van der Waals surface area contributed by atoms with Crippen molar-refractivity contribution in [2.75, 3.05) is 6.61 Å². The maximum atomic E-state index is 13.1. The van der Waals surface area contributed by atoms with Crippen molar-refractivity contribution in [2.45, 2.75) is 45.4 Å². The van der Waals surface area contributed by atoms with Crippen molar-refractivity contribution >= 4 is 11.8 Å². The maximum absolute atomic E-state index is 13.1. The summed E-state index contributed by atoms with van der Waals surface area (Å²) in [5.74, 6) is -0.0923. The molecule has 0 amide bonds. The average Bonchev–Trinajstić information content (AvgIpc) is 3.31. The fourth-order valence-corrected chi connectivity index (χ4v) is 6.16. The van der Waals surface area contributed by atoms with E-state index in [4.69, 9.17) is 14.7 Å². The van der Waals surface area contributed by atoms with Gasteiger partial charge in [-0.1, -0.05) is 19.1 Å². The highest BCUT2D eigenvalue weighted by Gasteiger charge is 2.55. The van der Waals surface area contributed by atoms with E-state index in [1.165, 1.54) is 0 Å². The largest absolute Gasteiger partial charge is 0.515 e. The second kappa shape index (κ2) is 9.00. The number of esters is 1. The summed E-state index contributed by atoms with van der Waals surface area (Å²) < 4.78 is 7.11. The van der Waals surface area contributed by atoms with Crippen LogP contribution in [-0.4, -0.2) is 43.0 Å². The minimum absolute atomic E-state index is 0.0247. The van der Waals surface area contributed by atoms with Crippen LogP contribution in [0.2, 0.25) is 0 Å². The molecule has 8 nitrogen and oxygen atoms in total. The minimum atomic E-state index is -0.663. The van der Waals surface area contributed by atoms with Gasteiger partial charge in [0.05, 0.1) is 48.0 Å². The van der Waals surface area contributed by atoms with Crippen LogP contribution in [0.25, 0.3) is 11.4 Å². The van der Waals surface area contributed by atoms with Crippen LogP contribution >= 0.6 is 0 Å². The molecule has 36 heavy (non-hydrogen) atoms. The number of carbonyl (C=O) groups excluding carboxylic acids is 2. The molecule has 0 unspecified atom stereocenters. The average molecular weight is 487 g/mol. The zero-order valence-corrected chi connectivity index (χ0v) is 21.0. The molecular formula is C28H30N4O4. The molecule has 0 radical (unpaired) electrons. The number of carbonyl (C=O) groups is 2. The third-order valence-electron chi connectivity index (χ3n) is 7.81. The Labute approximate surface area is 210 Å². The number of imidazole rings is 1. The van der Waals surface area contributed by atoms with E-state index in [0.29, 0.717) is 30.0 Å². The molecule has 1 N–H and O–H groups in total. The fraction of sp³-hybridized carbons (Fsp3) is 0.393. The van der Waals surface area contributed by atoms with Crippen molar-refractivity contribution in [3.8, 4) is 11.4 Å². The van der Waals surface area contributed by atoms with E-state index in [-0.39, 0.29) is 23.6 Å². The Kier molecular flexibility index (Phi) is 5.98. The highest BCUT2D eigenvalue weighted by Crippen LogP contribution is 2.56. The molecule has 2 aliphatic rings. The van der Waals surface area contributed by atoms with E-state index in [2.05, 4.69) is 4.98 Å². The standard InChI is InChI=1S/C28H30N4O4/c1-5-36-27(35)18-6-8-20(9-7-18)28-12-19(14-33)25(34)16(2)22(28)11-10-21-24(23-13-29-15-32(23)4)30-17(3)31-26(21)28/h6-9,13-16,22,33H,5,10-12H2,1-4H3/t16-,22-,28+/m0/s1. The molecule has 8 heteroatoms. The number of hydrogen-bond acceptors (Lipinski definition) is 7. The number of aliphatic hydroxyl groups is 1. The van der Waals surface area contributed by atoms with Crippen LogP contribution in [0.15, 0.2) is 48.6 Å². The molecular weight excluding hydrogens is 456 g/mol.